The zero-order valence-corrected chi connectivity index (χ0v) is 11.2. The Labute approximate surface area is 115 Å². The Morgan fingerprint density at radius 2 is 2.00 bits per heavy atom. The number of ether oxygens (including phenoxy) is 2. The lowest BCUT2D eigenvalue weighted by Gasteiger charge is -2.11. The summed E-state index contributed by atoms with van der Waals surface area (Å²) in [5.74, 6) is 0.188. The van der Waals surface area contributed by atoms with Crippen molar-refractivity contribution in [1.82, 2.24) is 5.32 Å². The summed E-state index contributed by atoms with van der Waals surface area (Å²) in [7, 11) is 2.99. The van der Waals surface area contributed by atoms with Gasteiger partial charge in [0.15, 0.2) is 11.5 Å². The van der Waals surface area contributed by atoms with Crippen molar-refractivity contribution < 1.29 is 19.1 Å². The number of benzene rings is 1. The van der Waals surface area contributed by atoms with Crippen molar-refractivity contribution in [2.45, 2.75) is 6.42 Å². The lowest BCUT2D eigenvalue weighted by molar-refractivity contribution is -0.124. The minimum absolute atomic E-state index is 0.0590. The van der Waals surface area contributed by atoms with E-state index in [4.69, 9.17) is 21.1 Å². The van der Waals surface area contributed by atoms with Crippen LogP contribution in [0.4, 0.5) is 0 Å². The highest BCUT2D eigenvalue weighted by atomic mass is 35.5. The second-order valence-corrected chi connectivity index (χ2v) is 4.31. The molecule has 1 aromatic rings. The summed E-state index contributed by atoms with van der Waals surface area (Å²) >= 11 is 6.19. The first-order valence-electron chi connectivity index (χ1n) is 5.52. The van der Waals surface area contributed by atoms with Gasteiger partial charge in [0.05, 0.1) is 25.7 Å². The summed E-state index contributed by atoms with van der Waals surface area (Å²) in [5.41, 5.74) is 0.971. The third-order valence-electron chi connectivity index (χ3n) is 2.74. The van der Waals surface area contributed by atoms with Gasteiger partial charge in [-0.05, 0) is 23.8 Å². The predicted octanol–water partition coefficient (Wildman–Crippen LogP) is 1.79. The maximum atomic E-state index is 11.5. The number of nitrogens with one attached hydrogen (secondary N) is 1. The second-order valence-electron chi connectivity index (χ2n) is 3.93. The fourth-order valence-corrected chi connectivity index (χ4v) is 2.11. The van der Waals surface area contributed by atoms with E-state index in [0.717, 1.165) is 0 Å². The number of halogens is 1. The Kier molecular flexibility index (Phi) is 3.76. The first-order valence-corrected chi connectivity index (χ1v) is 5.90. The fourth-order valence-electron chi connectivity index (χ4n) is 1.82. The van der Waals surface area contributed by atoms with Gasteiger partial charge in [0.2, 0.25) is 5.91 Å². The molecule has 0 atom stereocenters. The maximum Gasteiger partial charge on any atom is 0.254 e. The quantitative estimate of drug-likeness (QED) is 0.678. The monoisotopic (exact) mass is 281 g/mol. The van der Waals surface area contributed by atoms with Crippen LogP contribution in [-0.4, -0.2) is 26.0 Å². The summed E-state index contributed by atoms with van der Waals surface area (Å²) in [4.78, 5) is 22.6. The highest BCUT2D eigenvalue weighted by Crippen LogP contribution is 2.38. The Hall–Kier alpha value is -2.01. The molecule has 2 amide bonds. The van der Waals surface area contributed by atoms with Crippen molar-refractivity contribution in [3.05, 3.63) is 28.3 Å². The number of carbonyl (C=O) groups excluding carboxylic acids is 2. The summed E-state index contributed by atoms with van der Waals surface area (Å²) < 4.78 is 10.3. The van der Waals surface area contributed by atoms with Crippen molar-refractivity contribution >= 4 is 29.5 Å². The molecule has 0 radical (unpaired) electrons. The average molecular weight is 282 g/mol. The van der Waals surface area contributed by atoms with E-state index in [1.54, 1.807) is 18.2 Å². The summed E-state index contributed by atoms with van der Waals surface area (Å²) in [6.07, 6.45) is 1.63. The molecule has 1 N–H and O–H groups in total. The molecule has 6 heteroatoms. The molecule has 1 aliphatic rings. The van der Waals surface area contributed by atoms with Gasteiger partial charge in [-0.15, -0.1) is 0 Å². The van der Waals surface area contributed by atoms with Crippen molar-refractivity contribution in [2.24, 2.45) is 0 Å². The molecule has 2 rings (SSSR count). The van der Waals surface area contributed by atoms with Gasteiger partial charge in [-0.3, -0.25) is 14.9 Å². The molecule has 1 aliphatic heterocycles. The van der Waals surface area contributed by atoms with Crippen LogP contribution in [-0.2, 0) is 9.59 Å². The smallest absolute Gasteiger partial charge is 0.254 e. The minimum Gasteiger partial charge on any atom is -0.493 e. The largest absolute Gasteiger partial charge is 0.493 e. The molecule has 0 unspecified atom stereocenters. The predicted molar refractivity (Wildman–Crippen MR) is 70.3 cm³/mol. The highest BCUT2D eigenvalue weighted by molar-refractivity contribution is 6.34. The van der Waals surface area contributed by atoms with Gasteiger partial charge in [0.25, 0.3) is 5.91 Å². The third-order valence-corrected chi connectivity index (χ3v) is 3.13. The average Bonchev–Trinajstić information content (AvgIpc) is 2.70. The maximum absolute atomic E-state index is 11.5. The fraction of sp³-hybridized carbons (Fsp3) is 0.231. The molecule has 0 aliphatic carbocycles. The molecule has 100 valence electrons. The number of carbonyl (C=O) groups is 2. The SMILES string of the molecule is COc1ccc(C=C2CC(=O)NC2=O)c(Cl)c1OC. The molecule has 1 saturated heterocycles. The van der Waals surface area contributed by atoms with Crippen LogP contribution >= 0.6 is 11.6 Å². The van der Waals surface area contributed by atoms with Crippen molar-refractivity contribution in [3.63, 3.8) is 0 Å². The van der Waals surface area contributed by atoms with Crippen LogP contribution in [0.1, 0.15) is 12.0 Å². The highest BCUT2D eigenvalue weighted by Gasteiger charge is 2.24. The number of rotatable bonds is 3. The number of methoxy groups -OCH3 is 2. The summed E-state index contributed by atoms with van der Waals surface area (Å²) in [5, 5.41) is 2.55. The minimum atomic E-state index is -0.393. The molecule has 0 saturated carbocycles. The Morgan fingerprint density at radius 1 is 1.26 bits per heavy atom. The van der Waals surface area contributed by atoms with Crippen molar-refractivity contribution in [3.8, 4) is 11.5 Å². The third kappa shape index (κ3) is 2.56. The van der Waals surface area contributed by atoms with Crippen LogP contribution in [0.2, 0.25) is 5.02 Å². The first kappa shape index (κ1) is 13.4. The van der Waals surface area contributed by atoms with E-state index in [1.165, 1.54) is 14.2 Å². The standard InChI is InChI=1S/C13H12ClNO4/c1-18-9-4-3-7(11(14)12(9)19-2)5-8-6-10(16)15-13(8)17/h3-5H,6H2,1-2H3,(H,15,16,17). The van der Waals surface area contributed by atoms with Crippen molar-refractivity contribution in [1.29, 1.82) is 0 Å². The zero-order chi connectivity index (χ0) is 14.0. The van der Waals surface area contributed by atoms with Crippen LogP contribution in [0.3, 0.4) is 0 Å². The van der Waals surface area contributed by atoms with Gasteiger partial charge in [-0.25, -0.2) is 0 Å². The van der Waals surface area contributed by atoms with E-state index in [9.17, 15) is 9.59 Å². The van der Waals surface area contributed by atoms with Gasteiger partial charge >= 0.3 is 0 Å². The van der Waals surface area contributed by atoms with Crippen molar-refractivity contribution in [2.75, 3.05) is 14.2 Å². The first-order chi connectivity index (χ1) is 9.06. The number of imide groups is 1. The number of hydrogen-bond donors (Lipinski definition) is 1. The molecular weight excluding hydrogens is 270 g/mol. The van der Waals surface area contributed by atoms with Crippen LogP contribution in [0.25, 0.3) is 6.08 Å². The van der Waals surface area contributed by atoms with Gasteiger partial charge in [-0.1, -0.05) is 11.6 Å². The van der Waals surface area contributed by atoms with E-state index in [-0.39, 0.29) is 12.3 Å². The topological polar surface area (TPSA) is 64.6 Å². The molecule has 0 spiro atoms. The van der Waals surface area contributed by atoms with Crippen LogP contribution in [0, 0.1) is 0 Å². The lowest BCUT2D eigenvalue weighted by Crippen LogP contribution is -2.19. The van der Waals surface area contributed by atoms with Gasteiger partial charge in [0, 0.05) is 5.57 Å². The van der Waals surface area contributed by atoms with E-state index < -0.39 is 5.91 Å². The van der Waals surface area contributed by atoms with Gasteiger partial charge in [0.1, 0.15) is 0 Å². The van der Waals surface area contributed by atoms with E-state index in [0.29, 0.717) is 27.7 Å². The normalized spacial score (nSPS) is 16.7. The molecule has 1 heterocycles. The zero-order valence-electron chi connectivity index (χ0n) is 10.5. The molecule has 0 bridgehead atoms. The number of amides is 2. The molecule has 1 fully saturated rings. The molecule has 0 aromatic heterocycles. The van der Waals surface area contributed by atoms with E-state index >= 15 is 0 Å². The molecular formula is C13H12ClNO4. The molecule has 1 aromatic carbocycles. The summed E-state index contributed by atoms with van der Waals surface area (Å²) in [6.45, 7) is 0. The second kappa shape index (κ2) is 5.32. The Morgan fingerprint density at radius 3 is 2.53 bits per heavy atom. The number of hydrogen-bond acceptors (Lipinski definition) is 4. The Balaban J connectivity index is 2.44. The summed E-state index contributed by atoms with van der Waals surface area (Å²) in [6, 6.07) is 3.39. The van der Waals surface area contributed by atoms with Crippen LogP contribution in [0.15, 0.2) is 17.7 Å². The van der Waals surface area contributed by atoms with E-state index in [1.807, 2.05) is 0 Å². The van der Waals surface area contributed by atoms with Crippen LogP contribution in [0.5, 0.6) is 11.5 Å². The molecule has 19 heavy (non-hydrogen) atoms. The van der Waals surface area contributed by atoms with Gasteiger partial charge < -0.3 is 9.47 Å². The Bertz CT molecular complexity index is 580. The lowest BCUT2D eigenvalue weighted by atomic mass is 10.1. The van der Waals surface area contributed by atoms with E-state index in [2.05, 4.69) is 5.32 Å². The van der Waals surface area contributed by atoms with Crippen LogP contribution < -0.4 is 14.8 Å². The van der Waals surface area contributed by atoms with Gasteiger partial charge in [-0.2, -0.15) is 0 Å². The molecule has 5 nitrogen and oxygen atoms in total.